The second kappa shape index (κ2) is 7.29. The second-order valence-electron chi connectivity index (χ2n) is 4.78. The fourth-order valence-electron chi connectivity index (χ4n) is 1.83. The molecule has 0 saturated carbocycles. The number of hydrogen-bond donors (Lipinski definition) is 0. The number of nitrogens with zero attached hydrogens (tertiary/aromatic N) is 2. The van der Waals surface area contributed by atoms with Crippen molar-refractivity contribution >= 4 is 11.8 Å². The fourth-order valence-corrected chi connectivity index (χ4v) is 2.70. The van der Waals surface area contributed by atoms with Crippen molar-refractivity contribution in [1.82, 2.24) is 0 Å². The summed E-state index contributed by atoms with van der Waals surface area (Å²) in [6, 6.07) is 13.6. The maximum absolute atomic E-state index is 12.7. The van der Waals surface area contributed by atoms with Gasteiger partial charge in [0.25, 0.3) is 0 Å². The number of nitriles is 2. The molecule has 0 aliphatic carbocycles. The Morgan fingerprint density at radius 2 is 1.75 bits per heavy atom. The highest BCUT2D eigenvalue weighted by atomic mass is 32.2. The van der Waals surface area contributed by atoms with Crippen molar-refractivity contribution in [3.05, 3.63) is 53.6 Å². The number of rotatable bonds is 4. The number of halogens is 3. The zero-order valence-electron chi connectivity index (χ0n) is 12.5. The molecule has 0 aliphatic heterocycles. The van der Waals surface area contributed by atoms with Crippen LogP contribution >= 0.6 is 11.8 Å². The molecule has 3 nitrogen and oxygen atoms in total. The highest BCUT2D eigenvalue weighted by Crippen LogP contribution is 2.36. The van der Waals surface area contributed by atoms with Gasteiger partial charge in [0.2, 0.25) is 0 Å². The quantitative estimate of drug-likeness (QED) is 0.778. The van der Waals surface area contributed by atoms with Crippen molar-refractivity contribution in [2.45, 2.75) is 29.0 Å². The van der Waals surface area contributed by atoms with Gasteiger partial charge in [-0.3, -0.25) is 0 Å². The smallest absolute Gasteiger partial charge is 0.416 e. The Bertz CT molecular complexity index is 805. The molecule has 2 aromatic carbocycles. The van der Waals surface area contributed by atoms with Gasteiger partial charge in [-0.15, -0.1) is 0 Å². The lowest BCUT2D eigenvalue weighted by Gasteiger charge is -2.10. The van der Waals surface area contributed by atoms with E-state index in [2.05, 4.69) is 0 Å². The van der Waals surface area contributed by atoms with Crippen LogP contribution in [0.15, 0.2) is 52.3 Å². The van der Waals surface area contributed by atoms with E-state index in [-0.39, 0.29) is 5.56 Å². The predicted molar refractivity (Wildman–Crippen MR) is 82.4 cm³/mol. The Labute approximate surface area is 141 Å². The summed E-state index contributed by atoms with van der Waals surface area (Å²) in [7, 11) is 0. The predicted octanol–water partition coefficient (Wildman–Crippen LogP) is 5.02. The molecule has 0 aromatic heterocycles. The Balaban J connectivity index is 2.19. The minimum atomic E-state index is -4.48. The standard InChI is InChI=1S/C17H11F3N2OS/c1-11(9-21)23-14-3-5-15(6-4-14)24-16-7-2-13(17(18,19)20)8-12(16)10-22/h2-8,11H,1H3. The van der Waals surface area contributed by atoms with Crippen LogP contribution in [0.5, 0.6) is 5.75 Å². The van der Waals surface area contributed by atoms with Crippen LogP contribution in [0.4, 0.5) is 13.2 Å². The molecule has 0 fully saturated rings. The molecule has 7 heteroatoms. The van der Waals surface area contributed by atoms with Crippen molar-refractivity contribution < 1.29 is 17.9 Å². The van der Waals surface area contributed by atoms with Gasteiger partial charge in [-0.1, -0.05) is 11.8 Å². The third-order valence-electron chi connectivity index (χ3n) is 2.97. The summed E-state index contributed by atoms with van der Waals surface area (Å²) < 4.78 is 43.4. The van der Waals surface area contributed by atoms with Gasteiger partial charge in [-0.05, 0) is 49.4 Å². The molecule has 122 valence electrons. The molecular formula is C17H11F3N2OS. The van der Waals surface area contributed by atoms with Crippen molar-refractivity contribution in [3.8, 4) is 17.9 Å². The van der Waals surface area contributed by atoms with Gasteiger partial charge in [0.05, 0.1) is 11.1 Å². The van der Waals surface area contributed by atoms with Crippen LogP contribution in [0.1, 0.15) is 18.1 Å². The third kappa shape index (κ3) is 4.43. The fraction of sp³-hybridized carbons (Fsp3) is 0.176. The Hall–Kier alpha value is -2.64. The van der Waals surface area contributed by atoms with Gasteiger partial charge in [0.15, 0.2) is 6.10 Å². The highest BCUT2D eigenvalue weighted by molar-refractivity contribution is 7.99. The van der Waals surface area contributed by atoms with Gasteiger partial charge in [0, 0.05) is 9.79 Å². The SMILES string of the molecule is CC(C#N)Oc1ccc(Sc2ccc(C(F)(F)F)cc2C#N)cc1. The summed E-state index contributed by atoms with van der Waals surface area (Å²) in [4.78, 5) is 1.17. The molecule has 0 bridgehead atoms. The topological polar surface area (TPSA) is 56.8 Å². The van der Waals surface area contributed by atoms with Crippen molar-refractivity contribution in [2.24, 2.45) is 0 Å². The van der Waals surface area contributed by atoms with Crippen molar-refractivity contribution in [1.29, 1.82) is 10.5 Å². The van der Waals surface area contributed by atoms with Crippen LogP contribution in [0.3, 0.4) is 0 Å². The van der Waals surface area contributed by atoms with Gasteiger partial charge in [0.1, 0.15) is 17.9 Å². The minimum Gasteiger partial charge on any atom is -0.476 e. The summed E-state index contributed by atoms with van der Waals surface area (Å²) in [6.45, 7) is 1.62. The lowest BCUT2D eigenvalue weighted by atomic mass is 10.1. The lowest BCUT2D eigenvalue weighted by molar-refractivity contribution is -0.137. The zero-order valence-corrected chi connectivity index (χ0v) is 13.3. The maximum Gasteiger partial charge on any atom is 0.416 e. The summed E-state index contributed by atoms with van der Waals surface area (Å²) in [5.41, 5.74) is -0.883. The van der Waals surface area contributed by atoms with Crippen LogP contribution in [-0.4, -0.2) is 6.10 Å². The monoisotopic (exact) mass is 348 g/mol. The van der Waals surface area contributed by atoms with Gasteiger partial charge in [-0.25, -0.2) is 0 Å². The molecular weight excluding hydrogens is 337 g/mol. The van der Waals surface area contributed by atoms with Crippen LogP contribution in [0.25, 0.3) is 0 Å². The molecule has 1 unspecified atom stereocenters. The maximum atomic E-state index is 12.7. The molecule has 0 N–H and O–H groups in total. The number of ether oxygens (including phenoxy) is 1. The number of alkyl halides is 3. The van der Waals surface area contributed by atoms with Crippen LogP contribution < -0.4 is 4.74 Å². The normalized spacial score (nSPS) is 12.1. The average Bonchev–Trinajstić information content (AvgIpc) is 2.55. The molecule has 0 spiro atoms. The number of hydrogen-bond acceptors (Lipinski definition) is 4. The van der Waals surface area contributed by atoms with Gasteiger partial charge >= 0.3 is 6.18 Å². The van der Waals surface area contributed by atoms with Crippen molar-refractivity contribution in [3.63, 3.8) is 0 Å². The van der Waals surface area contributed by atoms with E-state index in [1.165, 1.54) is 17.8 Å². The molecule has 1 atom stereocenters. The summed E-state index contributed by atoms with van der Waals surface area (Å²) >= 11 is 1.18. The largest absolute Gasteiger partial charge is 0.476 e. The van der Waals surface area contributed by atoms with E-state index in [9.17, 15) is 13.2 Å². The van der Waals surface area contributed by atoms with E-state index in [0.717, 1.165) is 17.0 Å². The van der Waals surface area contributed by atoms with E-state index in [4.69, 9.17) is 15.3 Å². The zero-order chi connectivity index (χ0) is 17.7. The average molecular weight is 348 g/mol. The van der Waals surface area contributed by atoms with Crippen LogP contribution in [0, 0.1) is 22.7 Å². The number of benzene rings is 2. The first-order valence-corrected chi connectivity index (χ1v) is 7.60. The minimum absolute atomic E-state index is 0.0340. The first-order chi connectivity index (χ1) is 11.3. The summed E-state index contributed by atoms with van der Waals surface area (Å²) in [5, 5.41) is 17.8. The lowest BCUT2D eigenvalue weighted by Crippen LogP contribution is -2.07. The van der Waals surface area contributed by atoms with E-state index in [1.807, 2.05) is 6.07 Å². The molecule has 2 aromatic rings. The highest BCUT2D eigenvalue weighted by Gasteiger charge is 2.31. The molecule has 0 aliphatic rings. The third-order valence-corrected chi connectivity index (χ3v) is 4.06. The van der Waals surface area contributed by atoms with Gasteiger partial charge in [-0.2, -0.15) is 23.7 Å². The van der Waals surface area contributed by atoms with Crippen LogP contribution in [-0.2, 0) is 6.18 Å². The second-order valence-corrected chi connectivity index (χ2v) is 5.90. The summed E-state index contributed by atoms with van der Waals surface area (Å²) in [6.07, 6.45) is -5.06. The van der Waals surface area contributed by atoms with E-state index in [1.54, 1.807) is 37.3 Å². The molecule has 0 saturated heterocycles. The molecule has 24 heavy (non-hydrogen) atoms. The Morgan fingerprint density at radius 3 is 2.29 bits per heavy atom. The molecule has 0 heterocycles. The van der Waals surface area contributed by atoms with E-state index < -0.39 is 17.8 Å². The first-order valence-electron chi connectivity index (χ1n) is 6.79. The van der Waals surface area contributed by atoms with E-state index >= 15 is 0 Å². The van der Waals surface area contributed by atoms with Crippen molar-refractivity contribution in [2.75, 3.05) is 0 Å². The Morgan fingerprint density at radius 1 is 1.08 bits per heavy atom. The molecule has 0 radical (unpaired) electrons. The van der Waals surface area contributed by atoms with Gasteiger partial charge < -0.3 is 4.74 Å². The van der Waals surface area contributed by atoms with E-state index in [0.29, 0.717) is 10.6 Å². The molecule has 2 rings (SSSR count). The Kier molecular flexibility index (Phi) is 5.38. The van der Waals surface area contributed by atoms with Crippen LogP contribution in [0.2, 0.25) is 0 Å². The summed E-state index contributed by atoms with van der Waals surface area (Å²) in [5.74, 6) is 0.515. The molecule has 0 amide bonds. The first kappa shape index (κ1) is 17.7.